The van der Waals surface area contributed by atoms with Crippen molar-refractivity contribution in [2.45, 2.75) is 13.5 Å². The zero-order valence-electron chi connectivity index (χ0n) is 12.7. The van der Waals surface area contributed by atoms with Gasteiger partial charge in [0.2, 0.25) is 0 Å². The average molecular weight is 346 g/mol. The largest absolute Gasteiger partial charge is 0.321 e. The van der Waals surface area contributed by atoms with E-state index in [-0.39, 0.29) is 16.3 Å². The van der Waals surface area contributed by atoms with Gasteiger partial charge in [-0.25, -0.2) is 9.07 Å². The molecule has 1 heterocycles. The molecule has 0 spiro atoms. The molecule has 0 aliphatic carbocycles. The molecule has 122 valence electrons. The summed E-state index contributed by atoms with van der Waals surface area (Å²) >= 11 is 5.72. The summed E-state index contributed by atoms with van der Waals surface area (Å²) in [6.07, 6.45) is 0. The Bertz CT molecular complexity index is 1000. The summed E-state index contributed by atoms with van der Waals surface area (Å²) in [6.45, 7) is 2.11. The van der Waals surface area contributed by atoms with E-state index in [2.05, 4.69) is 10.4 Å². The van der Waals surface area contributed by atoms with Gasteiger partial charge in [-0.15, -0.1) is 0 Å². The predicted molar refractivity (Wildman–Crippen MR) is 91.0 cm³/mol. The van der Waals surface area contributed by atoms with E-state index in [4.69, 9.17) is 11.6 Å². The van der Waals surface area contributed by atoms with Gasteiger partial charge < -0.3 is 5.32 Å². The van der Waals surface area contributed by atoms with E-state index >= 15 is 0 Å². The molecule has 0 fully saturated rings. The summed E-state index contributed by atoms with van der Waals surface area (Å²) < 4.78 is 14.4. The number of rotatable bonds is 3. The minimum absolute atomic E-state index is 0.0934. The second-order valence-corrected chi connectivity index (χ2v) is 5.51. The normalized spacial score (nSPS) is 10.8. The second kappa shape index (κ2) is 6.41. The maximum absolute atomic E-state index is 13.2. The van der Waals surface area contributed by atoms with Crippen molar-refractivity contribution in [1.82, 2.24) is 9.78 Å². The van der Waals surface area contributed by atoms with Crippen LogP contribution in [-0.4, -0.2) is 15.7 Å². The monoisotopic (exact) mass is 345 g/mol. The summed E-state index contributed by atoms with van der Waals surface area (Å²) in [7, 11) is 0. The number of nitrogens with zero attached hydrogens (tertiary/aromatic N) is 2. The van der Waals surface area contributed by atoms with Crippen LogP contribution in [0, 0.1) is 5.82 Å². The highest BCUT2D eigenvalue weighted by Crippen LogP contribution is 2.21. The third-order valence-electron chi connectivity index (χ3n) is 3.56. The molecule has 0 saturated heterocycles. The molecule has 3 rings (SSSR count). The Morgan fingerprint density at radius 3 is 2.62 bits per heavy atom. The molecule has 3 aromatic rings. The zero-order valence-corrected chi connectivity index (χ0v) is 13.5. The van der Waals surface area contributed by atoms with E-state index in [0.717, 1.165) is 6.07 Å². The van der Waals surface area contributed by atoms with Gasteiger partial charge in [0.25, 0.3) is 11.5 Å². The third kappa shape index (κ3) is 2.88. The summed E-state index contributed by atoms with van der Waals surface area (Å²) in [6, 6.07) is 10.6. The van der Waals surface area contributed by atoms with Crippen molar-refractivity contribution in [3.8, 4) is 0 Å². The lowest BCUT2D eigenvalue weighted by Gasteiger charge is -2.10. The van der Waals surface area contributed by atoms with Crippen molar-refractivity contribution in [1.29, 1.82) is 0 Å². The van der Waals surface area contributed by atoms with Crippen molar-refractivity contribution in [2.24, 2.45) is 0 Å². The van der Waals surface area contributed by atoms with E-state index in [1.807, 2.05) is 0 Å². The number of benzene rings is 2. The fraction of sp³-hybridized carbons (Fsp3) is 0.118. The molecule has 5 nitrogen and oxygen atoms in total. The molecule has 1 amide bonds. The summed E-state index contributed by atoms with van der Waals surface area (Å²) in [5, 5.41) is 7.54. The number of aryl methyl sites for hydroxylation is 1. The van der Waals surface area contributed by atoms with Gasteiger partial charge in [-0.1, -0.05) is 29.8 Å². The van der Waals surface area contributed by atoms with Gasteiger partial charge in [0.15, 0.2) is 5.69 Å². The predicted octanol–water partition coefficient (Wildman–Crippen LogP) is 3.46. The quantitative estimate of drug-likeness (QED) is 0.790. The van der Waals surface area contributed by atoms with Crippen molar-refractivity contribution in [3.05, 3.63) is 69.4 Å². The highest BCUT2D eigenvalue weighted by atomic mass is 35.5. The topological polar surface area (TPSA) is 64.0 Å². The minimum atomic E-state index is -0.572. The number of aromatic nitrogens is 2. The molecule has 7 heteroatoms. The molecule has 0 unspecified atom stereocenters. The Morgan fingerprint density at radius 1 is 1.25 bits per heavy atom. The molecule has 1 aromatic heterocycles. The molecule has 0 aliphatic rings. The number of anilines is 1. The van der Waals surface area contributed by atoms with Gasteiger partial charge in [-0.05, 0) is 31.2 Å². The summed E-state index contributed by atoms with van der Waals surface area (Å²) in [5.74, 6) is -1.08. The molecule has 0 atom stereocenters. The smallest absolute Gasteiger partial charge is 0.276 e. The van der Waals surface area contributed by atoms with Crippen molar-refractivity contribution in [2.75, 3.05) is 5.32 Å². The van der Waals surface area contributed by atoms with Crippen LogP contribution in [0.5, 0.6) is 0 Å². The van der Waals surface area contributed by atoms with E-state index < -0.39 is 11.7 Å². The van der Waals surface area contributed by atoms with Gasteiger partial charge in [0.05, 0.1) is 10.4 Å². The van der Waals surface area contributed by atoms with Crippen molar-refractivity contribution >= 4 is 34.0 Å². The molecule has 0 aliphatic heterocycles. The van der Waals surface area contributed by atoms with Gasteiger partial charge in [-0.3, -0.25) is 9.59 Å². The molecular formula is C17H13ClFN3O2. The van der Waals surface area contributed by atoms with Crippen molar-refractivity contribution in [3.63, 3.8) is 0 Å². The minimum Gasteiger partial charge on any atom is -0.321 e. The first-order valence-electron chi connectivity index (χ1n) is 7.27. The standard InChI is InChI=1S/C17H13ClFN3O2/c1-2-22-17(24)12-6-4-3-5-11(12)15(21-22)16(23)20-10-7-8-14(19)13(18)9-10/h3-9H,2H2,1H3,(H,20,23). The van der Waals surface area contributed by atoms with Gasteiger partial charge >= 0.3 is 0 Å². The number of fused-ring (bicyclic) bond motifs is 1. The Kier molecular flexibility index (Phi) is 4.31. The number of nitrogens with one attached hydrogen (secondary N) is 1. The Balaban J connectivity index is 2.08. The molecule has 0 bridgehead atoms. The maximum atomic E-state index is 13.2. The number of halogens is 2. The molecule has 24 heavy (non-hydrogen) atoms. The second-order valence-electron chi connectivity index (χ2n) is 5.10. The first kappa shape index (κ1) is 16.1. The summed E-state index contributed by atoms with van der Waals surface area (Å²) in [4.78, 5) is 24.9. The number of amides is 1. The molecule has 0 saturated carbocycles. The van der Waals surface area contributed by atoms with E-state index in [1.54, 1.807) is 31.2 Å². The number of hydrogen-bond acceptors (Lipinski definition) is 3. The number of carbonyl (C=O) groups excluding carboxylic acids is 1. The Hall–Kier alpha value is -2.73. The average Bonchev–Trinajstić information content (AvgIpc) is 2.58. The summed E-state index contributed by atoms with van der Waals surface area (Å²) in [5.41, 5.74) is 0.202. The maximum Gasteiger partial charge on any atom is 0.276 e. The van der Waals surface area contributed by atoms with E-state index in [9.17, 15) is 14.0 Å². The van der Waals surface area contributed by atoms with E-state index in [1.165, 1.54) is 16.8 Å². The Morgan fingerprint density at radius 2 is 1.96 bits per heavy atom. The highest BCUT2D eigenvalue weighted by molar-refractivity contribution is 6.31. The van der Waals surface area contributed by atoms with Crippen molar-refractivity contribution < 1.29 is 9.18 Å². The fourth-order valence-corrected chi connectivity index (χ4v) is 2.56. The fourth-order valence-electron chi connectivity index (χ4n) is 2.38. The van der Waals surface area contributed by atoms with Crippen LogP contribution in [0.4, 0.5) is 10.1 Å². The first-order valence-corrected chi connectivity index (χ1v) is 7.65. The molecular weight excluding hydrogens is 333 g/mol. The molecule has 0 radical (unpaired) electrons. The lowest BCUT2D eigenvalue weighted by molar-refractivity contribution is 0.102. The number of hydrogen-bond donors (Lipinski definition) is 1. The van der Waals surface area contributed by atoms with Crippen LogP contribution in [-0.2, 0) is 6.54 Å². The zero-order chi connectivity index (χ0) is 17.3. The molecule has 1 N–H and O–H groups in total. The van der Waals surface area contributed by atoms with Crippen LogP contribution < -0.4 is 10.9 Å². The van der Waals surface area contributed by atoms with Crippen LogP contribution in [0.1, 0.15) is 17.4 Å². The third-order valence-corrected chi connectivity index (χ3v) is 3.85. The first-order chi connectivity index (χ1) is 11.5. The van der Waals surface area contributed by atoms with Crippen LogP contribution in [0.3, 0.4) is 0 Å². The van der Waals surface area contributed by atoms with Crippen LogP contribution in [0.15, 0.2) is 47.3 Å². The molecule has 2 aromatic carbocycles. The van der Waals surface area contributed by atoms with Crippen LogP contribution in [0.2, 0.25) is 5.02 Å². The van der Waals surface area contributed by atoms with Crippen LogP contribution >= 0.6 is 11.6 Å². The van der Waals surface area contributed by atoms with Gasteiger partial charge in [0.1, 0.15) is 5.82 Å². The highest BCUT2D eigenvalue weighted by Gasteiger charge is 2.16. The SMILES string of the molecule is CCn1nc(C(=O)Nc2ccc(F)c(Cl)c2)c2ccccc2c1=O. The van der Waals surface area contributed by atoms with Gasteiger partial charge in [-0.2, -0.15) is 5.10 Å². The van der Waals surface area contributed by atoms with E-state index in [0.29, 0.717) is 23.0 Å². The Labute approximate surface area is 141 Å². The number of carbonyl (C=O) groups is 1. The lowest BCUT2D eigenvalue weighted by Crippen LogP contribution is -2.27. The van der Waals surface area contributed by atoms with Crippen LogP contribution in [0.25, 0.3) is 10.8 Å². The van der Waals surface area contributed by atoms with Gasteiger partial charge in [0, 0.05) is 17.6 Å². The lowest BCUT2D eigenvalue weighted by atomic mass is 10.1.